The lowest BCUT2D eigenvalue weighted by molar-refractivity contribution is -0.358. The molecule has 6 atom stereocenters. The Bertz CT molecular complexity index is 4030. The topological polar surface area (TPSA) is 653 Å². The molecule has 0 saturated heterocycles. The van der Waals surface area contributed by atoms with Crippen molar-refractivity contribution < 1.29 is 177 Å². The van der Waals surface area contributed by atoms with Crippen LogP contribution in [0.1, 0.15) is 132 Å². The third kappa shape index (κ3) is 38.6. The highest BCUT2D eigenvalue weighted by atomic mass is 127. The third-order valence-corrected chi connectivity index (χ3v) is 19.3. The van der Waals surface area contributed by atoms with E-state index in [9.17, 15) is 148 Å². The number of carbonyl (C=O) groups is 18. The van der Waals surface area contributed by atoms with Crippen LogP contribution in [0.3, 0.4) is 0 Å². The number of carboxylic acids is 12. The lowest BCUT2D eigenvalue weighted by Gasteiger charge is -2.28. The number of para-hydroxylation sites is 1. The molecule has 1 aromatic heterocycles. The van der Waals surface area contributed by atoms with Gasteiger partial charge in [-0.3, -0.25) is 106 Å². The summed E-state index contributed by atoms with van der Waals surface area (Å²) < 4.78 is 0. The van der Waals surface area contributed by atoms with Gasteiger partial charge in [0.2, 0.25) is 35.4 Å². The summed E-state index contributed by atoms with van der Waals surface area (Å²) in [7, 11) is 0. The number of allylic oxidation sites excluding steroid dienone is 2. The molecule has 654 valence electrons. The molecule has 3 aromatic rings. The molecule has 0 radical (unpaired) electrons. The Kier molecular flexibility index (Phi) is 45.8. The molecule has 42 nitrogen and oxygen atoms in total. The number of aromatic amines is 1. The van der Waals surface area contributed by atoms with Crippen LogP contribution in [0, 0.1) is 0 Å². The predicted molar refractivity (Wildman–Crippen MR) is 413 cm³/mol. The maximum absolute atomic E-state index is 14.2. The molecule has 2 heterocycles. The molecule has 6 amide bonds. The van der Waals surface area contributed by atoms with Gasteiger partial charge in [-0.2, -0.15) is 0 Å². The summed E-state index contributed by atoms with van der Waals surface area (Å²) in [6, 6.07) is 3.96. The molecule has 1 aliphatic heterocycles. The summed E-state index contributed by atoms with van der Waals surface area (Å²) >= 11 is 1.39. The number of hydrogen-bond donors (Lipinski definition) is 18. The van der Waals surface area contributed by atoms with Crippen molar-refractivity contribution in [3.05, 3.63) is 83.0 Å². The van der Waals surface area contributed by atoms with Crippen molar-refractivity contribution in [1.29, 1.82) is 0 Å². The largest absolute Gasteiger partial charge is 1.00 e. The lowest BCUT2D eigenvalue weighted by Crippen LogP contribution is -3.00. The standard InChI is InChI=1S/C75H100N12O30S.HI/c88-57(76-28-7-3-16-53(72(110)111)84(37-61(92)93)38-62(94)95)24-21-50(69(108)78-30-9-5-18-55(74(114)115)86(41-65(100)101)42-66(102)103)81-59(90)23-20-45-12-11-14-48(71-80-32-35-118-71)49(45)36-46-26-33-83(52-15-2-1-13-47(46)52)34-27-60(91)82-51(70(109)79-31-10-6-19-56(75(116)117)87(43-67(104)105)44-68(106)107)22-25-58(89)77-29-8-4-17-54(73(112)113)85(39-63(96)97)40-64(98)99;/h1-2,11-15,26,32-33,35-36,50-51,53-56H,3-10,16-25,27-31,34,37-44H2,(H,76,88)(H,77,89)(H,78,108)(H,79,109)(H,81,90)(H,82,91)(H,92,93)(H,94,95)(H,96,97)(H,98,99)(H,100,101)(H,102,103)(H,104,105)(H,106,107)(H,110,111)(H,112,113)(H,114,115)(H,116,117);1H. The molecule has 2 aromatic carbocycles. The van der Waals surface area contributed by atoms with E-state index in [2.05, 4.69) is 36.9 Å². The number of halogens is 1. The zero-order chi connectivity index (χ0) is 87.6. The SMILES string of the molecule is O=C(O)CN(CC(=O)O)C(CCCCNC(=O)CCC(NC(=O)CCc1cccc(-c2[nH+]ccs2)c1C=C1C=CN(CCC(=O)NC(CCC(=O)NCCCCC(C(=O)O)N(CC(=O)O)CC(=O)O)C(=O)NCCCCC(C(=O)O)N(CC(=O)O)CC(=O)O)c2ccccc21)C(=O)NCCCCC(C(=O)O)N(CC(=O)O)CC(=O)O)C(=O)O.[I-]. The molecule has 0 spiro atoms. The van der Waals surface area contributed by atoms with Crippen molar-refractivity contribution in [2.24, 2.45) is 0 Å². The number of aryl methyl sites for hydroxylation is 1. The smallest absolute Gasteiger partial charge is 0.320 e. The van der Waals surface area contributed by atoms with Crippen molar-refractivity contribution in [3.63, 3.8) is 0 Å². The molecular weight excluding hydrogens is 1710 g/mol. The Labute approximate surface area is 702 Å². The number of carbonyl (C=O) groups excluding carboxylic acids is 6. The number of aromatic nitrogens is 1. The highest BCUT2D eigenvalue weighted by Crippen LogP contribution is 2.37. The molecule has 0 bridgehead atoms. The van der Waals surface area contributed by atoms with E-state index < -0.39 is 196 Å². The summed E-state index contributed by atoms with van der Waals surface area (Å²) in [6.07, 6.45) is 5.65. The molecule has 119 heavy (non-hydrogen) atoms. The van der Waals surface area contributed by atoms with Gasteiger partial charge in [-0.25, -0.2) is 4.98 Å². The van der Waals surface area contributed by atoms with E-state index >= 15 is 0 Å². The van der Waals surface area contributed by atoms with E-state index in [4.69, 9.17) is 0 Å². The van der Waals surface area contributed by atoms with Gasteiger partial charge < -0.3 is 122 Å². The van der Waals surface area contributed by atoms with Gasteiger partial charge in [0.05, 0.1) is 63.3 Å². The van der Waals surface area contributed by atoms with Crippen molar-refractivity contribution in [2.75, 3.05) is 90.0 Å². The molecule has 0 saturated carbocycles. The summed E-state index contributed by atoms with van der Waals surface area (Å²) in [5, 5.41) is 132. The average Bonchev–Trinajstić information content (AvgIpc) is 1.55. The zero-order valence-electron chi connectivity index (χ0n) is 64.8. The van der Waals surface area contributed by atoms with E-state index in [0.717, 1.165) is 30.2 Å². The maximum Gasteiger partial charge on any atom is 0.320 e. The quantitative estimate of drug-likeness (QED) is 0.0195. The van der Waals surface area contributed by atoms with Crippen LogP contribution in [0.4, 0.5) is 5.69 Å². The van der Waals surface area contributed by atoms with E-state index in [1.165, 1.54) is 11.3 Å². The van der Waals surface area contributed by atoms with Crippen LogP contribution >= 0.6 is 11.3 Å². The molecule has 44 heteroatoms. The lowest BCUT2D eigenvalue weighted by atomic mass is 9.92. The summed E-state index contributed by atoms with van der Waals surface area (Å²) in [5.74, 6) is -21.5. The van der Waals surface area contributed by atoms with Gasteiger partial charge >= 0.3 is 71.6 Å². The Morgan fingerprint density at radius 1 is 0.403 bits per heavy atom. The Morgan fingerprint density at radius 3 is 1.11 bits per heavy atom. The fraction of sp³-hybridized carbons (Fsp3) is 0.507. The number of rotatable bonds is 62. The number of benzene rings is 2. The van der Waals surface area contributed by atoms with Gasteiger partial charge in [0.25, 0.3) is 5.01 Å². The number of anilines is 1. The molecule has 4 rings (SSSR count). The molecule has 0 fully saturated rings. The highest BCUT2D eigenvalue weighted by Gasteiger charge is 2.34. The fourth-order valence-corrected chi connectivity index (χ4v) is 13.7. The number of amides is 6. The second kappa shape index (κ2) is 53.7. The first-order chi connectivity index (χ1) is 55.9. The Hall–Kier alpha value is -11.6. The van der Waals surface area contributed by atoms with Crippen LogP contribution < -0.4 is 65.8 Å². The second-order valence-electron chi connectivity index (χ2n) is 27.4. The minimum absolute atomic E-state index is 0. The third-order valence-electron chi connectivity index (χ3n) is 18.5. The van der Waals surface area contributed by atoms with Crippen LogP contribution in [0.15, 0.2) is 66.3 Å². The first-order valence-electron chi connectivity index (χ1n) is 37.6. The number of unbranched alkanes of at least 4 members (excludes halogenated alkanes) is 4. The number of nitrogens with zero attached hydrogens (tertiary/aromatic N) is 5. The second-order valence-corrected chi connectivity index (χ2v) is 28.3. The van der Waals surface area contributed by atoms with Crippen LogP contribution in [0.5, 0.6) is 0 Å². The summed E-state index contributed by atoms with van der Waals surface area (Å²) in [5.41, 5.74) is 4.06. The number of hydrogen-bond acceptors (Lipinski definition) is 24. The van der Waals surface area contributed by atoms with Gasteiger partial charge in [0.15, 0.2) is 6.20 Å². The highest BCUT2D eigenvalue weighted by molar-refractivity contribution is 7.12. The van der Waals surface area contributed by atoms with Crippen LogP contribution in [0.25, 0.3) is 22.2 Å². The van der Waals surface area contributed by atoms with Crippen molar-refractivity contribution in [3.8, 4) is 10.6 Å². The molecule has 6 unspecified atom stereocenters. The number of aliphatic carboxylic acids is 12. The van der Waals surface area contributed by atoms with Gasteiger partial charge in [-0.1, -0.05) is 41.7 Å². The predicted octanol–water partition coefficient (Wildman–Crippen LogP) is -3.20. The number of H-pyrrole nitrogens is 1. The molecule has 1 aliphatic rings. The van der Waals surface area contributed by atoms with Gasteiger partial charge in [0.1, 0.15) is 36.3 Å². The first kappa shape index (κ1) is 102. The van der Waals surface area contributed by atoms with E-state index in [0.29, 0.717) is 28.0 Å². The molecule has 0 aliphatic carbocycles. The minimum atomic E-state index is -1.52. The molecule has 19 N–H and O–H groups in total. The average molecular weight is 1810 g/mol. The van der Waals surface area contributed by atoms with Crippen molar-refractivity contribution in [1.82, 2.24) is 51.5 Å². The van der Waals surface area contributed by atoms with Gasteiger partial charge in [0, 0.05) is 75.9 Å². The van der Waals surface area contributed by atoms with Crippen LogP contribution in [-0.2, 0) is 92.7 Å². The van der Waals surface area contributed by atoms with Gasteiger partial charge in [-0.05, 0) is 137 Å². The van der Waals surface area contributed by atoms with E-state index in [-0.39, 0.29) is 179 Å². The number of thiazole rings is 1. The van der Waals surface area contributed by atoms with Crippen molar-refractivity contribution >= 4 is 136 Å². The number of carboxylic acid groups (broad SMARTS) is 12. The number of fused-ring (bicyclic) bond motifs is 1. The van der Waals surface area contributed by atoms with Gasteiger partial charge in [-0.15, -0.1) is 0 Å². The Morgan fingerprint density at radius 2 is 0.756 bits per heavy atom. The molecular formula is C75H101IN12O30S. The Balaban J connectivity index is 0.0000366. The minimum Gasteiger partial charge on any atom is -1.00 e. The maximum atomic E-state index is 14.2. The van der Waals surface area contributed by atoms with E-state index in [1.54, 1.807) is 53.7 Å². The summed E-state index contributed by atoms with van der Waals surface area (Å²) in [4.78, 5) is 230. The van der Waals surface area contributed by atoms with Crippen molar-refractivity contribution in [2.45, 2.75) is 158 Å². The zero-order valence-corrected chi connectivity index (χ0v) is 67.7. The monoisotopic (exact) mass is 1810 g/mol. The summed E-state index contributed by atoms with van der Waals surface area (Å²) in [6.45, 7) is -7.23. The number of nitrogens with one attached hydrogen (secondary N) is 7. The van der Waals surface area contributed by atoms with E-state index in [1.807, 2.05) is 23.6 Å². The fourth-order valence-electron chi connectivity index (χ4n) is 13.0. The normalized spacial score (nSPS) is 13.4. The first-order valence-corrected chi connectivity index (χ1v) is 38.4. The van der Waals surface area contributed by atoms with Crippen LogP contribution in [-0.4, -0.2) is 309 Å². The van der Waals surface area contributed by atoms with Crippen LogP contribution in [0.2, 0.25) is 0 Å².